The number of carbonyl (C=O) groups is 1. The van der Waals surface area contributed by atoms with Gasteiger partial charge in [-0.3, -0.25) is 4.79 Å². The van der Waals surface area contributed by atoms with E-state index >= 15 is 0 Å². The summed E-state index contributed by atoms with van der Waals surface area (Å²) >= 11 is 0. The van der Waals surface area contributed by atoms with Crippen molar-refractivity contribution < 1.29 is 4.79 Å². The summed E-state index contributed by atoms with van der Waals surface area (Å²) in [4.78, 5) is 12.1. The van der Waals surface area contributed by atoms with Gasteiger partial charge in [-0.05, 0) is 51.0 Å². The summed E-state index contributed by atoms with van der Waals surface area (Å²) in [7, 11) is 0. The molecule has 0 bridgehead atoms. The van der Waals surface area contributed by atoms with Crippen molar-refractivity contribution in [3.05, 3.63) is 0 Å². The van der Waals surface area contributed by atoms with Crippen LogP contribution in [-0.4, -0.2) is 24.5 Å². The van der Waals surface area contributed by atoms with E-state index < -0.39 is 0 Å². The van der Waals surface area contributed by atoms with Gasteiger partial charge in [-0.2, -0.15) is 0 Å². The largest absolute Gasteiger partial charge is 0.353 e. The first kappa shape index (κ1) is 10.6. The number of hydrogen-bond donors (Lipinski definition) is 2. The summed E-state index contributed by atoms with van der Waals surface area (Å²) < 4.78 is 0. The molecule has 0 aromatic carbocycles. The fourth-order valence-corrected chi connectivity index (χ4v) is 3.77. The highest BCUT2D eigenvalue weighted by Crippen LogP contribution is 2.57. The molecule has 0 aromatic heterocycles. The number of rotatable bonds is 2. The summed E-state index contributed by atoms with van der Waals surface area (Å²) in [5, 5.41) is 6.68. The SMILES string of the molecule is CC1CC(NC(=O)C2C3CCCC32)CCN1. The van der Waals surface area contributed by atoms with Gasteiger partial charge in [-0.1, -0.05) is 6.42 Å². The number of hydrogen-bond acceptors (Lipinski definition) is 2. The summed E-state index contributed by atoms with van der Waals surface area (Å²) in [6.07, 6.45) is 6.13. The van der Waals surface area contributed by atoms with Gasteiger partial charge in [0.05, 0.1) is 0 Å². The number of carbonyl (C=O) groups excluding carboxylic acids is 1. The Kier molecular flexibility index (Phi) is 2.66. The predicted molar refractivity (Wildman–Crippen MR) is 63.0 cm³/mol. The van der Waals surface area contributed by atoms with Crippen molar-refractivity contribution >= 4 is 5.91 Å². The van der Waals surface area contributed by atoms with E-state index in [0.717, 1.165) is 31.2 Å². The summed E-state index contributed by atoms with van der Waals surface area (Å²) in [5.41, 5.74) is 0. The molecule has 3 heteroatoms. The van der Waals surface area contributed by atoms with E-state index in [0.29, 0.717) is 23.9 Å². The van der Waals surface area contributed by atoms with Crippen LogP contribution in [0.15, 0.2) is 0 Å². The third-order valence-electron chi connectivity index (χ3n) is 4.68. The third kappa shape index (κ3) is 1.86. The van der Waals surface area contributed by atoms with Crippen molar-refractivity contribution in [1.82, 2.24) is 10.6 Å². The molecule has 1 amide bonds. The molecular formula is C13H22N2O. The van der Waals surface area contributed by atoms with Crippen LogP contribution in [0.4, 0.5) is 0 Å². The number of piperidine rings is 1. The van der Waals surface area contributed by atoms with Gasteiger partial charge in [0, 0.05) is 18.0 Å². The smallest absolute Gasteiger partial charge is 0.223 e. The minimum Gasteiger partial charge on any atom is -0.353 e. The van der Waals surface area contributed by atoms with Crippen LogP contribution in [0.3, 0.4) is 0 Å². The molecule has 3 fully saturated rings. The minimum absolute atomic E-state index is 0.355. The van der Waals surface area contributed by atoms with Gasteiger partial charge in [0.2, 0.25) is 5.91 Å². The average Bonchev–Trinajstić information content (AvgIpc) is 2.73. The Bertz CT molecular complexity index is 282. The van der Waals surface area contributed by atoms with E-state index in [4.69, 9.17) is 0 Å². The zero-order valence-corrected chi connectivity index (χ0v) is 10.0. The zero-order chi connectivity index (χ0) is 11.1. The van der Waals surface area contributed by atoms with Gasteiger partial charge >= 0.3 is 0 Å². The van der Waals surface area contributed by atoms with E-state index in [1.807, 2.05) is 0 Å². The molecule has 16 heavy (non-hydrogen) atoms. The maximum Gasteiger partial charge on any atom is 0.223 e. The highest BCUT2D eigenvalue weighted by Gasteiger charge is 2.56. The number of nitrogens with one attached hydrogen (secondary N) is 2. The maximum absolute atomic E-state index is 12.1. The molecule has 4 unspecified atom stereocenters. The van der Waals surface area contributed by atoms with Gasteiger partial charge in [0.25, 0.3) is 0 Å². The zero-order valence-electron chi connectivity index (χ0n) is 10.0. The Morgan fingerprint density at radius 2 is 2.00 bits per heavy atom. The lowest BCUT2D eigenvalue weighted by molar-refractivity contribution is -0.124. The molecule has 90 valence electrons. The maximum atomic E-state index is 12.1. The predicted octanol–water partition coefficient (Wildman–Crippen LogP) is 1.29. The molecule has 3 nitrogen and oxygen atoms in total. The molecule has 0 radical (unpaired) electrons. The second kappa shape index (κ2) is 4.02. The van der Waals surface area contributed by atoms with E-state index in [1.54, 1.807) is 0 Å². The standard InChI is InChI=1S/C13H22N2O/c1-8-7-9(5-6-14-8)15-13(16)12-10-3-2-4-11(10)12/h8-12,14H,2-7H2,1H3,(H,15,16). The molecule has 1 saturated heterocycles. The van der Waals surface area contributed by atoms with E-state index in [2.05, 4.69) is 17.6 Å². The summed E-state index contributed by atoms with van der Waals surface area (Å²) in [5.74, 6) is 2.24. The minimum atomic E-state index is 0.355. The van der Waals surface area contributed by atoms with Gasteiger partial charge in [-0.15, -0.1) is 0 Å². The Hall–Kier alpha value is -0.570. The highest BCUT2D eigenvalue weighted by atomic mass is 16.2. The molecule has 2 saturated carbocycles. The van der Waals surface area contributed by atoms with Gasteiger partial charge < -0.3 is 10.6 Å². The first-order valence-corrected chi connectivity index (χ1v) is 6.79. The number of fused-ring (bicyclic) bond motifs is 1. The Balaban J connectivity index is 1.49. The van der Waals surface area contributed by atoms with Crippen molar-refractivity contribution in [2.24, 2.45) is 17.8 Å². The molecule has 0 aromatic rings. The quantitative estimate of drug-likeness (QED) is 0.739. The second-order valence-electron chi connectivity index (χ2n) is 5.87. The van der Waals surface area contributed by atoms with Crippen LogP contribution in [-0.2, 0) is 4.79 Å². The van der Waals surface area contributed by atoms with Crippen LogP contribution in [0.1, 0.15) is 39.0 Å². The Morgan fingerprint density at radius 1 is 1.25 bits per heavy atom. The lowest BCUT2D eigenvalue weighted by atomic mass is 10.00. The average molecular weight is 222 g/mol. The molecule has 4 atom stereocenters. The first-order chi connectivity index (χ1) is 7.75. The molecule has 1 aliphatic heterocycles. The molecule has 2 aliphatic carbocycles. The van der Waals surface area contributed by atoms with Crippen LogP contribution < -0.4 is 10.6 Å². The molecule has 0 spiro atoms. The fourth-order valence-electron chi connectivity index (χ4n) is 3.77. The molecule has 2 N–H and O–H groups in total. The van der Waals surface area contributed by atoms with Crippen molar-refractivity contribution in [3.8, 4) is 0 Å². The van der Waals surface area contributed by atoms with Crippen LogP contribution in [0.5, 0.6) is 0 Å². The Morgan fingerprint density at radius 3 is 2.69 bits per heavy atom. The number of amides is 1. The third-order valence-corrected chi connectivity index (χ3v) is 4.68. The van der Waals surface area contributed by atoms with E-state index in [1.165, 1.54) is 19.3 Å². The van der Waals surface area contributed by atoms with Crippen molar-refractivity contribution in [2.45, 2.75) is 51.1 Å². The molecular weight excluding hydrogens is 200 g/mol. The van der Waals surface area contributed by atoms with Crippen LogP contribution in [0, 0.1) is 17.8 Å². The normalized spacial score (nSPS) is 46.2. The molecule has 3 rings (SSSR count). The molecule has 3 aliphatic rings. The van der Waals surface area contributed by atoms with Gasteiger partial charge in [0.15, 0.2) is 0 Å². The van der Waals surface area contributed by atoms with Crippen LogP contribution >= 0.6 is 0 Å². The monoisotopic (exact) mass is 222 g/mol. The second-order valence-corrected chi connectivity index (χ2v) is 5.87. The summed E-state index contributed by atoms with van der Waals surface area (Å²) in [6, 6.07) is 0.975. The Labute approximate surface area is 97.4 Å². The van der Waals surface area contributed by atoms with Crippen molar-refractivity contribution in [1.29, 1.82) is 0 Å². The van der Waals surface area contributed by atoms with Gasteiger partial charge in [0.1, 0.15) is 0 Å². The lowest BCUT2D eigenvalue weighted by Gasteiger charge is -2.28. The topological polar surface area (TPSA) is 41.1 Å². The van der Waals surface area contributed by atoms with E-state index in [9.17, 15) is 4.79 Å². The van der Waals surface area contributed by atoms with Crippen LogP contribution in [0.25, 0.3) is 0 Å². The molecule has 1 heterocycles. The highest BCUT2D eigenvalue weighted by molar-refractivity contribution is 5.82. The summed E-state index contributed by atoms with van der Waals surface area (Å²) in [6.45, 7) is 3.24. The van der Waals surface area contributed by atoms with Crippen molar-refractivity contribution in [2.75, 3.05) is 6.54 Å². The fraction of sp³-hybridized carbons (Fsp3) is 0.923. The van der Waals surface area contributed by atoms with Crippen LogP contribution in [0.2, 0.25) is 0 Å². The lowest BCUT2D eigenvalue weighted by Crippen LogP contribution is -2.47. The van der Waals surface area contributed by atoms with Gasteiger partial charge in [-0.25, -0.2) is 0 Å². The van der Waals surface area contributed by atoms with Crippen molar-refractivity contribution in [3.63, 3.8) is 0 Å². The van der Waals surface area contributed by atoms with E-state index in [-0.39, 0.29) is 0 Å². The first-order valence-electron chi connectivity index (χ1n) is 6.79.